The number of ether oxygens (including phenoxy) is 3. The zero-order chi connectivity index (χ0) is 38.4. The molecule has 50 heavy (non-hydrogen) atoms. The molecule has 0 aromatic rings. The second-order valence-electron chi connectivity index (χ2n) is 16.7. The lowest BCUT2D eigenvalue weighted by molar-refractivity contribution is -0.380. The topological polar surface area (TPSA) is 183 Å². The Kier molecular flexibility index (Phi) is 13.5. The molecule has 0 aromatic carbocycles. The van der Waals surface area contributed by atoms with E-state index < -0.39 is 94.3 Å². The van der Waals surface area contributed by atoms with E-state index in [1.54, 1.807) is 34.6 Å². The van der Waals surface area contributed by atoms with Crippen molar-refractivity contribution in [3.63, 3.8) is 0 Å². The Morgan fingerprint density at radius 1 is 0.920 bits per heavy atom. The van der Waals surface area contributed by atoms with Crippen molar-refractivity contribution in [2.45, 2.75) is 187 Å². The van der Waals surface area contributed by atoms with Crippen molar-refractivity contribution in [3.8, 4) is 0 Å². The summed E-state index contributed by atoms with van der Waals surface area (Å²) in [6.45, 7) is 21.8. The third-order valence-electron chi connectivity index (χ3n) is 13.8. The van der Waals surface area contributed by atoms with Crippen LogP contribution in [0.25, 0.3) is 0 Å². The van der Waals surface area contributed by atoms with Gasteiger partial charge in [0.25, 0.3) is 0 Å². The number of hydrogen-bond acceptors (Lipinski definition) is 10. The fourth-order valence-corrected chi connectivity index (χ4v) is 10.3. The Morgan fingerprint density at radius 3 is 2.00 bits per heavy atom. The zero-order valence-electron chi connectivity index (χ0n) is 32.8. The first kappa shape index (κ1) is 43.2. The van der Waals surface area contributed by atoms with Gasteiger partial charge in [0.1, 0.15) is 17.3 Å². The van der Waals surface area contributed by atoms with Crippen LogP contribution in [0, 0.1) is 47.3 Å². The molecule has 0 unspecified atom stereocenters. The number of rotatable bonds is 16. The number of carbonyl (C=O) groups excluding carboxylic acids is 1. The maximum absolute atomic E-state index is 14.4. The van der Waals surface area contributed by atoms with Crippen LogP contribution in [-0.2, 0) is 23.8 Å². The van der Waals surface area contributed by atoms with Gasteiger partial charge in [-0.3, -0.25) is 9.59 Å². The predicted molar refractivity (Wildman–Crippen MR) is 189 cm³/mol. The van der Waals surface area contributed by atoms with Crippen molar-refractivity contribution < 1.29 is 54.4 Å². The Morgan fingerprint density at radius 2 is 1.52 bits per heavy atom. The summed E-state index contributed by atoms with van der Waals surface area (Å²) in [5.41, 5.74) is -3.44. The van der Waals surface area contributed by atoms with Crippen molar-refractivity contribution >= 4 is 11.8 Å². The lowest BCUT2D eigenvalue weighted by Crippen LogP contribution is -2.69. The SMILES string of the molecule is CCC[C@H](O)[C@@]1(CC)C[C@@H](C)[C@](O)([C@]2(C)C[C@H](C)[C@@H]([C@H](CC)C(=O)[C@H](C)[C@H](O)[C@@H](C)[C@@]3(C)O[C@@](O)([C@@H](CC)C(=O)O)[C@@H](C)[C@H](O)[C@@H]3CC)O2)O1. The summed E-state index contributed by atoms with van der Waals surface area (Å²) in [6.07, 6.45) is 0.00922. The highest BCUT2D eigenvalue weighted by atomic mass is 16.7. The zero-order valence-corrected chi connectivity index (χ0v) is 32.8. The van der Waals surface area contributed by atoms with Crippen LogP contribution in [0.2, 0.25) is 0 Å². The van der Waals surface area contributed by atoms with Gasteiger partial charge in [0.15, 0.2) is 11.6 Å². The van der Waals surface area contributed by atoms with E-state index in [1.807, 2.05) is 48.5 Å². The minimum absolute atomic E-state index is 0.0654. The normalized spacial score (nSPS) is 44.3. The monoisotopic (exact) mass is 714 g/mol. The lowest BCUT2D eigenvalue weighted by atomic mass is 9.63. The molecule has 0 saturated carbocycles. The summed E-state index contributed by atoms with van der Waals surface area (Å²) in [5.74, 6) is -10.9. The maximum Gasteiger partial charge on any atom is 0.311 e. The first-order chi connectivity index (χ1) is 23.1. The average Bonchev–Trinajstić information content (AvgIpc) is 3.52. The predicted octanol–water partition coefficient (Wildman–Crippen LogP) is 5.06. The molecule has 0 aromatic heterocycles. The Bertz CT molecular complexity index is 1180. The van der Waals surface area contributed by atoms with Gasteiger partial charge in [-0.2, -0.15) is 0 Å². The second-order valence-corrected chi connectivity index (χ2v) is 16.7. The highest BCUT2D eigenvalue weighted by Gasteiger charge is 2.67. The van der Waals surface area contributed by atoms with Crippen LogP contribution in [-0.4, -0.2) is 95.2 Å². The van der Waals surface area contributed by atoms with E-state index in [1.165, 1.54) is 0 Å². The number of carboxylic acids is 1. The van der Waals surface area contributed by atoms with Gasteiger partial charge in [0.05, 0.1) is 35.6 Å². The van der Waals surface area contributed by atoms with Crippen LogP contribution in [0.5, 0.6) is 0 Å². The molecule has 292 valence electrons. The number of ketones is 1. The molecule has 3 saturated heterocycles. The van der Waals surface area contributed by atoms with E-state index in [4.69, 9.17) is 14.2 Å². The molecule has 3 fully saturated rings. The molecule has 0 bridgehead atoms. The molecule has 0 spiro atoms. The molecule has 0 radical (unpaired) electrons. The van der Waals surface area contributed by atoms with Gasteiger partial charge in [-0.15, -0.1) is 0 Å². The molecule has 6 N–H and O–H groups in total. The van der Waals surface area contributed by atoms with E-state index in [0.717, 1.165) is 6.42 Å². The molecule has 0 aliphatic carbocycles. The van der Waals surface area contributed by atoms with Gasteiger partial charge in [0.2, 0.25) is 0 Å². The quantitative estimate of drug-likeness (QED) is 0.126. The number of Topliss-reactive ketones (excluding diaryl/α,β-unsaturated/α-hetero) is 1. The van der Waals surface area contributed by atoms with Crippen LogP contribution in [0.4, 0.5) is 0 Å². The summed E-state index contributed by atoms with van der Waals surface area (Å²) in [4.78, 5) is 26.6. The Hall–Kier alpha value is -1.18. The van der Waals surface area contributed by atoms with Crippen LogP contribution >= 0.6 is 0 Å². The molecule has 11 nitrogen and oxygen atoms in total. The molecular weight excluding hydrogens is 644 g/mol. The van der Waals surface area contributed by atoms with Crippen LogP contribution in [0.3, 0.4) is 0 Å². The van der Waals surface area contributed by atoms with Crippen molar-refractivity contribution in [2.24, 2.45) is 47.3 Å². The molecule has 3 heterocycles. The lowest BCUT2D eigenvalue weighted by Gasteiger charge is -2.58. The van der Waals surface area contributed by atoms with Gasteiger partial charge in [0, 0.05) is 35.5 Å². The molecule has 3 rings (SSSR count). The first-order valence-electron chi connectivity index (χ1n) is 19.4. The van der Waals surface area contributed by atoms with E-state index >= 15 is 0 Å². The van der Waals surface area contributed by atoms with Crippen LogP contribution in [0.1, 0.15) is 134 Å². The van der Waals surface area contributed by atoms with Crippen molar-refractivity contribution in [1.29, 1.82) is 0 Å². The highest BCUT2D eigenvalue weighted by Crippen LogP contribution is 2.56. The van der Waals surface area contributed by atoms with Gasteiger partial charge < -0.3 is 44.8 Å². The fourth-order valence-electron chi connectivity index (χ4n) is 10.3. The summed E-state index contributed by atoms with van der Waals surface area (Å²) in [5, 5.41) is 68.4. The number of carboxylic acid groups (broad SMARTS) is 1. The van der Waals surface area contributed by atoms with Crippen LogP contribution < -0.4 is 0 Å². The third kappa shape index (κ3) is 6.96. The standard InChI is InChI=1S/C39H70O11/c1-13-18-29(40)37(17-5)20-22(7)39(47,50-37)35(11)19-21(6)33(48-35)26(14-2)31(42)23(8)30(41)24(9)36(12)27(15-3)32(43)25(10)38(46,49-36)28(16-4)34(44)45/h21-30,32-33,40-41,43,46-47H,13-20H2,1-12H3,(H,44,45)/t21-,22+,23+,24+,25-,26+,27-,28-,29-,30-,32-,33-,35-,36+,37+,38+,39+/m0/s1. The Balaban J connectivity index is 1.89. The largest absolute Gasteiger partial charge is 0.481 e. The molecule has 11 heteroatoms. The van der Waals surface area contributed by atoms with Crippen molar-refractivity contribution in [1.82, 2.24) is 0 Å². The number of aliphatic hydroxyl groups is 5. The van der Waals surface area contributed by atoms with Gasteiger partial charge in [-0.25, -0.2) is 0 Å². The minimum atomic E-state index is -2.20. The molecule has 3 aliphatic heterocycles. The van der Waals surface area contributed by atoms with Crippen LogP contribution in [0.15, 0.2) is 0 Å². The van der Waals surface area contributed by atoms with Gasteiger partial charge in [-0.1, -0.05) is 75.7 Å². The van der Waals surface area contributed by atoms with Crippen molar-refractivity contribution in [2.75, 3.05) is 0 Å². The summed E-state index contributed by atoms with van der Waals surface area (Å²) in [6, 6.07) is 0. The third-order valence-corrected chi connectivity index (χ3v) is 13.8. The maximum atomic E-state index is 14.4. The smallest absolute Gasteiger partial charge is 0.311 e. The molecular formula is C39H70O11. The van der Waals surface area contributed by atoms with E-state index in [9.17, 15) is 40.2 Å². The summed E-state index contributed by atoms with van der Waals surface area (Å²) in [7, 11) is 0. The molecule has 0 amide bonds. The second kappa shape index (κ2) is 15.7. The van der Waals surface area contributed by atoms with Crippen molar-refractivity contribution in [3.05, 3.63) is 0 Å². The van der Waals surface area contributed by atoms with E-state index in [-0.39, 0.29) is 24.0 Å². The van der Waals surface area contributed by atoms with E-state index in [2.05, 4.69) is 0 Å². The van der Waals surface area contributed by atoms with E-state index in [0.29, 0.717) is 38.5 Å². The minimum Gasteiger partial charge on any atom is -0.481 e. The Labute approximate surface area is 300 Å². The average molecular weight is 715 g/mol. The first-order valence-corrected chi connectivity index (χ1v) is 19.4. The van der Waals surface area contributed by atoms with Gasteiger partial charge in [-0.05, 0) is 64.7 Å². The molecule has 17 atom stereocenters. The van der Waals surface area contributed by atoms with Gasteiger partial charge >= 0.3 is 5.97 Å². The molecule has 3 aliphatic rings. The number of carbonyl (C=O) groups is 2. The summed E-state index contributed by atoms with van der Waals surface area (Å²) < 4.78 is 19.7. The number of aliphatic hydroxyl groups excluding tert-OH is 3. The number of hydrogen-bond donors (Lipinski definition) is 6. The fraction of sp³-hybridized carbons (Fsp3) is 0.949. The number of aliphatic carboxylic acids is 1. The summed E-state index contributed by atoms with van der Waals surface area (Å²) >= 11 is 0. The highest BCUT2D eigenvalue weighted by molar-refractivity contribution is 5.84.